The van der Waals surface area contributed by atoms with Crippen LogP contribution in [0.4, 0.5) is 0 Å². The largest absolute Gasteiger partial charge is 0.495 e. The van der Waals surface area contributed by atoms with Crippen LogP contribution in [-0.4, -0.2) is 79.8 Å². The maximum Gasteiger partial charge on any atom is 0.267 e. The predicted octanol–water partition coefficient (Wildman–Crippen LogP) is 3.05. The highest BCUT2D eigenvalue weighted by Crippen LogP contribution is 2.32. The van der Waals surface area contributed by atoms with Gasteiger partial charge in [0.05, 0.1) is 25.0 Å². The number of H-pyrrole nitrogens is 1. The fourth-order valence-electron chi connectivity index (χ4n) is 4.91. The minimum atomic E-state index is 0.0899. The van der Waals surface area contributed by atoms with E-state index in [2.05, 4.69) is 35.8 Å². The molecule has 0 saturated carbocycles. The molecule has 0 aliphatic carbocycles. The van der Waals surface area contributed by atoms with Gasteiger partial charge in [-0.3, -0.25) is 14.4 Å². The molecule has 0 radical (unpaired) electrons. The van der Waals surface area contributed by atoms with Crippen LogP contribution in [0.1, 0.15) is 28.6 Å². The van der Waals surface area contributed by atoms with Gasteiger partial charge in [-0.15, -0.1) is 11.3 Å². The molecule has 2 aliphatic heterocycles. The van der Waals surface area contributed by atoms with Crippen molar-refractivity contribution >= 4 is 28.3 Å². The van der Waals surface area contributed by atoms with Crippen molar-refractivity contribution in [3.63, 3.8) is 0 Å². The van der Waals surface area contributed by atoms with Crippen LogP contribution in [0.25, 0.3) is 22.3 Å². The van der Waals surface area contributed by atoms with Gasteiger partial charge < -0.3 is 14.6 Å². The predicted molar refractivity (Wildman–Crippen MR) is 126 cm³/mol. The van der Waals surface area contributed by atoms with E-state index in [9.17, 15) is 4.79 Å². The van der Waals surface area contributed by atoms with E-state index in [1.165, 1.54) is 11.3 Å². The number of carbonyl (C=O) groups excluding carboxylic acids is 1. The van der Waals surface area contributed by atoms with Crippen molar-refractivity contribution in [2.24, 2.45) is 0 Å². The molecule has 2 saturated heterocycles. The summed E-state index contributed by atoms with van der Waals surface area (Å²) in [6, 6.07) is 4.75. The molecule has 33 heavy (non-hydrogen) atoms. The quantitative estimate of drug-likeness (QED) is 0.489. The molecule has 6 rings (SSSR count). The molecule has 0 unspecified atom stereocenters. The van der Waals surface area contributed by atoms with Crippen molar-refractivity contribution in [2.45, 2.75) is 24.9 Å². The number of aromatic nitrogens is 5. The number of nitrogens with zero attached hydrogens (tertiary/aromatic N) is 6. The van der Waals surface area contributed by atoms with Crippen molar-refractivity contribution in [1.82, 2.24) is 34.5 Å². The van der Waals surface area contributed by atoms with E-state index in [0.717, 1.165) is 61.3 Å². The number of aromatic amines is 1. The summed E-state index contributed by atoms with van der Waals surface area (Å²) in [4.78, 5) is 29.9. The maximum atomic E-state index is 12.8. The van der Waals surface area contributed by atoms with Gasteiger partial charge in [-0.2, -0.15) is 5.10 Å². The molecule has 0 atom stereocenters. The molecular formula is C23H25N7O2S. The van der Waals surface area contributed by atoms with Gasteiger partial charge >= 0.3 is 0 Å². The number of carbonyl (C=O) groups is 1. The average Bonchev–Trinajstić information content (AvgIpc) is 3.58. The normalized spacial score (nSPS) is 18.0. The minimum absolute atomic E-state index is 0.0899. The van der Waals surface area contributed by atoms with Crippen molar-refractivity contribution in [1.29, 1.82) is 0 Å². The summed E-state index contributed by atoms with van der Waals surface area (Å²) in [5.74, 6) is 0.766. The number of hydrogen-bond donors (Lipinski definition) is 1. The van der Waals surface area contributed by atoms with Crippen LogP contribution < -0.4 is 4.74 Å². The number of ether oxygens (including phenoxy) is 1. The van der Waals surface area contributed by atoms with Gasteiger partial charge in [-0.25, -0.2) is 9.97 Å². The van der Waals surface area contributed by atoms with Crippen molar-refractivity contribution in [3.8, 4) is 17.0 Å². The zero-order valence-electron chi connectivity index (χ0n) is 18.3. The third-order valence-corrected chi connectivity index (χ3v) is 7.69. The zero-order chi connectivity index (χ0) is 22.4. The Bertz CT molecular complexity index is 1280. The molecule has 2 fully saturated rings. The molecule has 4 aromatic rings. The van der Waals surface area contributed by atoms with Crippen molar-refractivity contribution < 1.29 is 9.53 Å². The molecule has 1 amide bonds. The summed E-state index contributed by atoms with van der Waals surface area (Å²) in [6.07, 6.45) is 9.45. The minimum Gasteiger partial charge on any atom is -0.495 e. The van der Waals surface area contributed by atoms with E-state index in [1.54, 1.807) is 13.4 Å². The monoisotopic (exact) mass is 463 g/mol. The number of piperidine rings is 1. The van der Waals surface area contributed by atoms with Crippen LogP contribution in [-0.2, 0) is 0 Å². The molecular weight excluding hydrogens is 438 g/mol. The van der Waals surface area contributed by atoms with Crippen LogP contribution >= 0.6 is 11.3 Å². The van der Waals surface area contributed by atoms with Gasteiger partial charge in [0, 0.05) is 55.6 Å². The van der Waals surface area contributed by atoms with Crippen LogP contribution in [0.3, 0.4) is 0 Å². The Kier molecular flexibility index (Phi) is 5.11. The summed E-state index contributed by atoms with van der Waals surface area (Å²) in [6.45, 7) is 3.56. The van der Waals surface area contributed by atoms with Crippen LogP contribution in [0, 0.1) is 0 Å². The molecule has 0 bridgehead atoms. The fraction of sp³-hybridized carbons (Fsp3) is 0.391. The Morgan fingerprint density at radius 1 is 1.18 bits per heavy atom. The molecule has 0 aromatic carbocycles. The van der Waals surface area contributed by atoms with Crippen LogP contribution in [0.5, 0.6) is 5.75 Å². The molecule has 9 nitrogen and oxygen atoms in total. The number of methoxy groups -OCH3 is 1. The van der Waals surface area contributed by atoms with Crippen molar-refractivity contribution in [2.75, 3.05) is 33.3 Å². The van der Waals surface area contributed by atoms with Crippen molar-refractivity contribution in [3.05, 3.63) is 47.3 Å². The second-order valence-corrected chi connectivity index (χ2v) is 9.54. The average molecular weight is 464 g/mol. The first kappa shape index (κ1) is 20.4. The van der Waals surface area contributed by atoms with Crippen LogP contribution in [0.15, 0.2) is 42.4 Å². The fourth-order valence-corrected chi connectivity index (χ4v) is 5.73. The molecule has 4 aromatic heterocycles. The van der Waals surface area contributed by atoms with E-state index in [-0.39, 0.29) is 5.91 Å². The van der Waals surface area contributed by atoms with Crippen LogP contribution in [0.2, 0.25) is 0 Å². The van der Waals surface area contributed by atoms with Gasteiger partial charge in [-0.05, 0) is 30.4 Å². The Hall–Kier alpha value is -3.24. The van der Waals surface area contributed by atoms with E-state index in [4.69, 9.17) is 4.74 Å². The lowest BCUT2D eigenvalue weighted by Gasteiger charge is -2.47. The van der Waals surface area contributed by atoms with Gasteiger partial charge in [0.25, 0.3) is 5.91 Å². The number of amides is 1. The number of nitrogens with one attached hydrogen (secondary N) is 1. The lowest BCUT2D eigenvalue weighted by molar-refractivity contribution is 0.0198. The molecule has 10 heteroatoms. The number of hydrogen-bond acceptors (Lipinski definition) is 7. The SMILES string of the molecule is COc1ccsc1C(=O)N1CCC(N2CC(n3cc(-c4ncnc5[nH]ccc45)cn3)C2)CC1. The summed E-state index contributed by atoms with van der Waals surface area (Å²) >= 11 is 1.45. The molecule has 2 aliphatic rings. The maximum absolute atomic E-state index is 12.8. The third-order valence-electron chi connectivity index (χ3n) is 6.80. The molecule has 170 valence electrons. The van der Waals surface area contributed by atoms with Gasteiger partial charge in [0.15, 0.2) is 0 Å². The summed E-state index contributed by atoms with van der Waals surface area (Å²) < 4.78 is 7.39. The topological polar surface area (TPSA) is 92.2 Å². The number of likely N-dealkylation sites (tertiary alicyclic amines) is 2. The lowest BCUT2D eigenvalue weighted by atomic mass is 9.97. The second kappa shape index (κ2) is 8.27. The Balaban J connectivity index is 1.05. The third kappa shape index (κ3) is 3.59. The standard InChI is InChI=1S/C23H25N7O2S/c1-32-19-5-9-33-21(19)23(31)28-7-3-16(4-8-28)29-12-17(13-29)30-11-15(10-27-30)20-18-2-6-24-22(18)26-14-25-20/h2,5-6,9-11,14,16-17H,3-4,7-8,12-13H2,1H3,(H,24,25,26). The van der Waals surface area contributed by atoms with E-state index in [1.807, 2.05) is 34.8 Å². The highest BCUT2D eigenvalue weighted by atomic mass is 32.1. The van der Waals surface area contributed by atoms with Gasteiger partial charge in [-0.1, -0.05) is 0 Å². The van der Waals surface area contributed by atoms with E-state index in [0.29, 0.717) is 22.7 Å². The Labute approximate surface area is 195 Å². The number of rotatable bonds is 5. The van der Waals surface area contributed by atoms with Gasteiger partial charge in [0.1, 0.15) is 22.6 Å². The first-order chi connectivity index (χ1) is 16.2. The highest BCUT2D eigenvalue weighted by Gasteiger charge is 2.36. The highest BCUT2D eigenvalue weighted by molar-refractivity contribution is 7.12. The second-order valence-electron chi connectivity index (χ2n) is 8.62. The Morgan fingerprint density at radius 2 is 2.03 bits per heavy atom. The van der Waals surface area contributed by atoms with E-state index < -0.39 is 0 Å². The van der Waals surface area contributed by atoms with Gasteiger partial charge in [0.2, 0.25) is 0 Å². The molecule has 6 heterocycles. The lowest BCUT2D eigenvalue weighted by Crippen LogP contribution is -2.56. The molecule has 0 spiro atoms. The number of thiophene rings is 1. The first-order valence-electron chi connectivity index (χ1n) is 11.2. The molecule has 1 N–H and O–H groups in total. The zero-order valence-corrected chi connectivity index (χ0v) is 19.2. The summed E-state index contributed by atoms with van der Waals surface area (Å²) in [5.41, 5.74) is 2.75. The van der Waals surface area contributed by atoms with E-state index >= 15 is 0 Å². The number of fused-ring (bicyclic) bond motifs is 1. The summed E-state index contributed by atoms with van der Waals surface area (Å²) in [5, 5.41) is 7.54. The Morgan fingerprint density at radius 3 is 2.85 bits per heavy atom. The first-order valence-corrected chi connectivity index (χ1v) is 12.1. The summed E-state index contributed by atoms with van der Waals surface area (Å²) in [7, 11) is 1.61. The smallest absolute Gasteiger partial charge is 0.267 e.